The number of likely N-dealkylation sites (N-methyl/N-ethyl adjacent to an activating group) is 1. The van der Waals surface area contributed by atoms with E-state index in [1.807, 2.05) is 11.7 Å². The Bertz CT molecular complexity index is 425. The molecule has 0 spiro atoms. The highest BCUT2D eigenvalue weighted by molar-refractivity contribution is 5.21. The molecule has 1 aromatic heterocycles. The zero-order valence-electron chi connectivity index (χ0n) is 12.8. The van der Waals surface area contributed by atoms with Crippen LogP contribution in [-0.4, -0.2) is 59.4 Å². The molecule has 3 unspecified atom stereocenters. The maximum atomic E-state index is 6.04. The van der Waals surface area contributed by atoms with Crippen molar-refractivity contribution in [1.29, 1.82) is 0 Å². The molecule has 0 aromatic carbocycles. The molecule has 3 atom stereocenters. The molecule has 108 valence electrons. The molecule has 2 rings (SSSR count). The lowest BCUT2D eigenvalue weighted by atomic mass is 10.1. The minimum absolute atomic E-state index is 0.293. The fourth-order valence-corrected chi connectivity index (χ4v) is 3.33. The Morgan fingerprint density at radius 3 is 2.58 bits per heavy atom. The Labute approximate surface area is 116 Å². The van der Waals surface area contributed by atoms with Crippen LogP contribution in [0.15, 0.2) is 6.20 Å². The van der Waals surface area contributed by atoms with Crippen LogP contribution in [0.1, 0.15) is 24.2 Å². The molecular weight excluding hydrogens is 238 g/mol. The normalized spacial score (nSPS) is 26.3. The van der Waals surface area contributed by atoms with Gasteiger partial charge in [-0.1, -0.05) is 6.92 Å². The standard InChI is InChI=1S/C14H27N5/c1-10-7-19(9-14(10)17(3)4)13(6-15)12-8-18(5)16-11(12)2/h8,10,13-14H,6-7,9,15H2,1-5H3. The van der Waals surface area contributed by atoms with Crippen molar-refractivity contribution in [3.8, 4) is 0 Å². The van der Waals surface area contributed by atoms with Crippen LogP contribution in [0.4, 0.5) is 0 Å². The Kier molecular flexibility index (Phi) is 4.28. The summed E-state index contributed by atoms with van der Waals surface area (Å²) in [5.74, 6) is 0.682. The van der Waals surface area contributed by atoms with Crippen LogP contribution in [0.2, 0.25) is 0 Å². The fraction of sp³-hybridized carbons (Fsp3) is 0.786. The smallest absolute Gasteiger partial charge is 0.0641 e. The number of aryl methyl sites for hydroxylation is 2. The summed E-state index contributed by atoms with van der Waals surface area (Å²) in [6.07, 6.45) is 2.11. The molecule has 5 nitrogen and oxygen atoms in total. The molecule has 2 N–H and O–H groups in total. The Morgan fingerprint density at radius 1 is 1.47 bits per heavy atom. The topological polar surface area (TPSA) is 50.3 Å². The van der Waals surface area contributed by atoms with Gasteiger partial charge in [-0.3, -0.25) is 9.58 Å². The van der Waals surface area contributed by atoms with Crippen LogP contribution in [0.25, 0.3) is 0 Å². The highest BCUT2D eigenvalue weighted by Crippen LogP contribution is 2.29. The van der Waals surface area contributed by atoms with Gasteiger partial charge in [0.05, 0.1) is 11.7 Å². The van der Waals surface area contributed by atoms with E-state index in [4.69, 9.17) is 5.73 Å². The summed E-state index contributed by atoms with van der Waals surface area (Å²) in [5.41, 5.74) is 8.41. The first kappa shape index (κ1) is 14.5. The van der Waals surface area contributed by atoms with Gasteiger partial charge in [-0.25, -0.2) is 0 Å². The lowest BCUT2D eigenvalue weighted by molar-refractivity contribution is 0.219. The lowest BCUT2D eigenvalue weighted by Gasteiger charge is -2.27. The monoisotopic (exact) mass is 265 g/mol. The first-order chi connectivity index (χ1) is 8.93. The number of nitrogens with zero attached hydrogens (tertiary/aromatic N) is 4. The van der Waals surface area contributed by atoms with Crippen molar-refractivity contribution >= 4 is 0 Å². The van der Waals surface area contributed by atoms with Crippen molar-refractivity contribution in [2.75, 3.05) is 33.7 Å². The van der Waals surface area contributed by atoms with Crippen molar-refractivity contribution in [1.82, 2.24) is 19.6 Å². The molecule has 1 aromatic rings. The molecule has 19 heavy (non-hydrogen) atoms. The minimum atomic E-state index is 0.293. The van der Waals surface area contributed by atoms with Gasteiger partial charge in [-0.15, -0.1) is 0 Å². The Morgan fingerprint density at radius 2 is 2.16 bits per heavy atom. The van der Waals surface area contributed by atoms with E-state index in [-0.39, 0.29) is 0 Å². The van der Waals surface area contributed by atoms with Gasteiger partial charge in [0.25, 0.3) is 0 Å². The van der Waals surface area contributed by atoms with Crippen LogP contribution in [-0.2, 0) is 7.05 Å². The molecule has 1 saturated heterocycles. The minimum Gasteiger partial charge on any atom is -0.329 e. The highest BCUT2D eigenvalue weighted by Gasteiger charge is 2.35. The summed E-state index contributed by atoms with van der Waals surface area (Å²) >= 11 is 0. The SMILES string of the molecule is Cc1nn(C)cc1C(CN)N1CC(C)C(N(C)C)C1. The van der Waals surface area contributed by atoms with Crippen molar-refractivity contribution in [2.24, 2.45) is 18.7 Å². The van der Waals surface area contributed by atoms with E-state index in [0.29, 0.717) is 24.5 Å². The van der Waals surface area contributed by atoms with E-state index in [9.17, 15) is 0 Å². The first-order valence-corrected chi connectivity index (χ1v) is 7.04. The third-order valence-electron chi connectivity index (χ3n) is 4.34. The molecule has 2 heterocycles. The van der Waals surface area contributed by atoms with E-state index in [0.717, 1.165) is 18.8 Å². The molecule has 0 saturated carbocycles. The van der Waals surface area contributed by atoms with Gasteiger partial charge < -0.3 is 10.6 Å². The van der Waals surface area contributed by atoms with Gasteiger partial charge >= 0.3 is 0 Å². The second kappa shape index (κ2) is 5.61. The van der Waals surface area contributed by atoms with Gasteiger partial charge in [0, 0.05) is 44.5 Å². The summed E-state index contributed by atoms with van der Waals surface area (Å²) < 4.78 is 1.89. The number of likely N-dealkylation sites (tertiary alicyclic amines) is 1. The number of hydrogen-bond acceptors (Lipinski definition) is 4. The van der Waals surface area contributed by atoms with Crippen molar-refractivity contribution < 1.29 is 0 Å². The molecule has 0 aliphatic carbocycles. The molecule has 1 aliphatic heterocycles. The average Bonchev–Trinajstić information content (AvgIpc) is 2.84. The third kappa shape index (κ3) is 2.83. The maximum absolute atomic E-state index is 6.04. The van der Waals surface area contributed by atoms with E-state index >= 15 is 0 Å². The van der Waals surface area contributed by atoms with Crippen LogP contribution in [0.5, 0.6) is 0 Å². The summed E-state index contributed by atoms with van der Waals surface area (Å²) in [5, 5.41) is 4.45. The largest absolute Gasteiger partial charge is 0.329 e. The average molecular weight is 265 g/mol. The summed E-state index contributed by atoms with van der Waals surface area (Å²) in [7, 11) is 6.30. The van der Waals surface area contributed by atoms with E-state index in [1.54, 1.807) is 0 Å². The lowest BCUT2D eigenvalue weighted by Crippen LogP contribution is -2.36. The van der Waals surface area contributed by atoms with E-state index in [2.05, 4.69) is 49.0 Å². The van der Waals surface area contributed by atoms with Gasteiger partial charge in [0.15, 0.2) is 0 Å². The maximum Gasteiger partial charge on any atom is 0.0641 e. The predicted molar refractivity (Wildman–Crippen MR) is 78.0 cm³/mol. The predicted octanol–water partition coefficient (Wildman–Crippen LogP) is 0.610. The van der Waals surface area contributed by atoms with Gasteiger partial charge in [-0.05, 0) is 26.9 Å². The molecule has 0 bridgehead atoms. The van der Waals surface area contributed by atoms with Gasteiger partial charge in [0.1, 0.15) is 0 Å². The Balaban J connectivity index is 2.18. The number of nitrogens with two attached hydrogens (primary N) is 1. The number of rotatable bonds is 4. The molecular formula is C14H27N5. The van der Waals surface area contributed by atoms with Crippen molar-refractivity contribution in [2.45, 2.75) is 25.9 Å². The third-order valence-corrected chi connectivity index (χ3v) is 4.34. The van der Waals surface area contributed by atoms with Crippen LogP contribution < -0.4 is 5.73 Å². The number of aromatic nitrogens is 2. The zero-order chi connectivity index (χ0) is 14.2. The fourth-order valence-electron chi connectivity index (χ4n) is 3.33. The summed E-state index contributed by atoms with van der Waals surface area (Å²) in [6, 6.07) is 0.909. The van der Waals surface area contributed by atoms with E-state index < -0.39 is 0 Å². The van der Waals surface area contributed by atoms with Gasteiger partial charge in [0.2, 0.25) is 0 Å². The van der Waals surface area contributed by atoms with Crippen molar-refractivity contribution in [3.05, 3.63) is 17.5 Å². The van der Waals surface area contributed by atoms with Crippen LogP contribution >= 0.6 is 0 Å². The number of hydrogen-bond donors (Lipinski definition) is 1. The highest BCUT2D eigenvalue weighted by atomic mass is 15.3. The first-order valence-electron chi connectivity index (χ1n) is 7.04. The molecule has 0 radical (unpaired) electrons. The molecule has 0 amide bonds. The van der Waals surface area contributed by atoms with Crippen LogP contribution in [0, 0.1) is 12.8 Å². The van der Waals surface area contributed by atoms with E-state index in [1.165, 1.54) is 5.56 Å². The molecule has 5 heteroatoms. The van der Waals surface area contributed by atoms with Crippen molar-refractivity contribution in [3.63, 3.8) is 0 Å². The summed E-state index contributed by atoms with van der Waals surface area (Å²) in [4.78, 5) is 4.84. The second-order valence-electron chi connectivity index (χ2n) is 6.06. The van der Waals surface area contributed by atoms with Crippen LogP contribution in [0.3, 0.4) is 0 Å². The Hall–Kier alpha value is -0.910. The summed E-state index contributed by atoms with van der Waals surface area (Å²) in [6.45, 7) is 7.25. The zero-order valence-corrected chi connectivity index (χ0v) is 12.8. The molecule has 1 fully saturated rings. The quantitative estimate of drug-likeness (QED) is 0.866. The molecule has 1 aliphatic rings. The second-order valence-corrected chi connectivity index (χ2v) is 6.06. The van der Waals surface area contributed by atoms with Gasteiger partial charge in [-0.2, -0.15) is 5.10 Å².